The average Bonchev–Trinajstić information content (AvgIpc) is 2.79. The number of hydrogen-bond donors (Lipinski definition) is 2. The van der Waals surface area contributed by atoms with Gasteiger partial charge in [-0.3, -0.25) is 14.2 Å². The molecule has 0 radical (unpaired) electrons. The molecule has 7 nitrogen and oxygen atoms in total. The summed E-state index contributed by atoms with van der Waals surface area (Å²) >= 11 is 3.39. The molecule has 1 aliphatic heterocycles. The quantitative estimate of drug-likeness (QED) is 0.708. The largest absolute Gasteiger partial charge is 0.369 e. The summed E-state index contributed by atoms with van der Waals surface area (Å²) in [5.74, 6) is -0.842. The number of carbonyl (C=O) groups excluding carboxylic acids is 1. The van der Waals surface area contributed by atoms with E-state index in [0.717, 1.165) is 4.47 Å². The van der Waals surface area contributed by atoms with E-state index in [4.69, 9.17) is 10.3 Å². The summed E-state index contributed by atoms with van der Waals surface area (Å²) in [6, 6.07) is 13.5. The van der Waals surface area contributed by atoms with E-state index in [1.165, 1.54) is 11.9 Å². The molecule has 0 aromatic heterocycles. The molecular formula is C17H16BrN3O4S. The molecule has 9 heteroatoms. The molecule has 0 spiro atoms. The van der Waals surface area contributed by atoms with Crippen LogP contribution in [0, 0.1) is 0 Å². The highest BCUT2D eigenvalue weighted by atomic mass is 79.9. The van der Waals surface area contributed by atoms with Crippen LogP contribution in [0.25, 0.3) is 0 Å². The van der Waals surface area contributed by atoms with Crippen molar-refractivity contribution in [3.05, 3.63) is 69.7 Å². The monoisotopic (exact) mass is 437 g/mol. The van der Waals surface area contributed by atoms with Gasteiger partial charge >= 0.3 is 0 Å². The Bertz CT molecular complexity index is 1020. The van der Waals surface area contributed by atoms with Crippen LogP contribution in [0.1, 0.15) is 16.7 Å². The van der Waals surface area contributed by atoms with Crippen molar-refractivity contribution in [1.82, 2.24) is 4.90 Å². The van der Waals surface area contributed by atoms with Gasteiger partial charge in [0, 0.05) is 11.5 Å². The summed E-state index contributed by atoms with van der Waals surface area (Å²) in [6.07, 6.45) is 0. The van der Waals surface area contributed by atoms with Crippen molar-refractivity contribution in [2.75, 3.05) is 7.05 Å². The summed E-state index contributed by atoms with van der Waals surface area (Å²) < 4.78 is 32.3. The van der Waals surface area contributed by atoms with E-state index in [-0.39, 0.29) is 11.9 Å². The van der Waals surface area contributed by atoms with Gasteiger partial charge in [0.25, 0.3) is 16.0 Å². The molecule has 1 aliphatic rings. The van der Waals surface area contributed by atoms with Gasteiger partial charge in [-0.25, -0.2) is 4.99 Å². The lowest BCUT2D eigenvalue weighted by molar-refractivity contribution is -0.129. The first kappa shape index (κ1) is 18.6. The van der Waals surface area contributed by atoms with Gasteiger partial charge in [-0.05, 0) is 28.8 Å². The molecule has 0 fully saturated rings. The minimum Gasteiger partial charge on any atom is -0.369 e. The third-order valence-corrected chi connectivity index (χ3v) is 5.37. The highest BCUT2D eigenvalue weighted by Gasteiger charge is 2.49. The molecule has 0 aliphatic carbocycles. The highest BCUT2D eigenvalue weighted by molar-refractivity contribution is 9.10. The topological polar surface area (TPSA) is 113 Å². The Labute approximate surface area is 159 Å². The van der Waals surface area contributed by atoms with Crippen LogP contribution >= 0.6 is 15.9 Å². The number of benzene rings is 2. The molecular weight excluding hydrogens is 422 g/mol. The fourth-order valence-electron chi connectivity index (χ4n) is 2.99. The van der Waals surface area contributed by atoms with Crippen LogP contribution in [-0.2, 0) is 26.2 Å². The van der Waals surface area contributed by atoms with Crippen LogP contribution in [0.2, 0.25) is 0 Å². The minimum atomic E-state index is -4.21. The maximum Gasteiger partial charge on any atom is 0.269 e. The number of aliphatic imine (C=N–C) groups is 1. The van der Waals surface area contributed by atoms with E-state index < -0.39 is 21.4 Å². The fraction of sp³-hybridized carbons (Fsp3) is 0.176. The Balaban J connectivity index is 2.24. The number of amides is 1. The normalized spacial score (nSPS) is 20.3. The predicted molar refractivity (Wildman–Crippen MR) is 101 cm³/mol. The van der Waals surface area contributed by atoms with Gasteiger partial charge in [0.05, 0.1) is 0 Å². The second-order valence-electron chi connectivity index (χ2n) is 5.98. The third kappa shape index (κ3) is 3.25. The van der Waals surface area contributed by atoms with Crippen LogP contribution < -0.4 is 5.73 Å². The molecule has 2 aromatic rings. The van der Waals surface area contributed by atoms with E-state index in [1.54, 1.807) is 42.5 Å². The van der Waals surface area contributed by atoms with Crippen LogP contribution in [0.15, 0.2) is 58.0 Å². The molecule has 2 aromatic carbocycles. The van der Waals surface area contributed by atoms with Crippen molar-refractivity contribution in [3.63, 3.8) is 0 Å². The third-order valence-electron chi connectivity index (χ3n) is 4.18. The van der Waals surface area contributed by atoms with Gasteiger partial charge in [-0.1, -0.05) is 52.3 Å². The molecule has 3 N–H and O–H groups in total. The smallest absolute Gasteiger partial charge is 0.269 e. The van der Waals surface area contributed by atoms with E-state index in [2.05, 4.69) is 20.9 Å². The summed E-state index contributed by atoms with van der Waals surface area (Å²) in [6.45, 7) is 0. The van der Waals surface area contributed by atoms with Gasteiger partial charge in [0.15, 0.2) is 11.5 Å². The summed E-state index contributed by atoms with van der Waals surface area (Å²) in [4.78, 5) is 18.8. The molecule has 0 saturated carbocycles. The highest BCUT2D eigenvalue weighted by Crippen LogP contribution is 2.40. The summed E-state index contributed by atoms with van der Waals surface area (Å²) in [5, 5.41) is 0. The molecule has 0 bridgehead atoms. The maximum atomic E-state index is 13.1. The van der Waals surface area contributed by atoms with Crippen molar-refractivity contribution in [3.8, 4) is 0 Å². The van der Waals surface area contributed by atoms with Gasteiger partial charge in [0.1, 0.15) is 5.75 Å². The Morgan fingerprint density at radius 1 is 1.19 bits per heavy atom. The lowest BCUT2D eigenvalue weighted by Gasteiger charge is -2.26. The van der Waals surface area contributed by atoms with Gasteiger partial charge in [0.2, 0.25) is 0 Å². The predicted octanol–water partition coefficient (Wildman–Crippen LogP) is 1.87. The molecule has 3 rings (SSSR count). The first-order valence-corrected chi connectivity index (χ1v) is 9.98. The molecule has 0 saturated heterocycles. The minimum absolute atomic E-state index is 0.0650. The van der Waals surface area contributed by atoms with Crippen molar-refractivity contribution < 1.29 is 17.8 Å². The van der Waals surface area contributed by atoms with E-state index in [9.17, 15) is 13.2 Å². The van der Waals surface area contributed by atoms with Crippen molar-refractivity contribution in [2.45, 2.75) is 11.3 Å². The second-order valence-corrected chi connectivity index (χ2v) is 8.35. The number of rotatable bonds is 4. The molecule has 136 valence electrons. The zero-order valence-electron chi connectivity index (χ0n) is 13.8. The molecule has 1 unspecified atom stereocenters. The lowest BCUT2D eigenvalue weighted by Crippen LogP contribution is -2.41. The Kier molecular flexibility index (Phi) is 4.63. The Hall–Kier alpha value is -2.23. The number of guanidine groups is 1. The van der Waals surface area contributed by atoms with Crippen LogP contribution in [0.4, 0.5) is 0 Å². The first-order chi connectivity index (χ1) is 12.1. The molecule has 1 heterocycles. The van der Waals surface area contributed by atoms with E-state index in [0.29, 0.717) is 16.7 Å². The lowest BCUT2D eigenvalue weighted by atomic mass is 9.82. The number of nitrogens with two attached hydrogens (primary N) is 1. The van der Waals surface area contributed by atoms with Gasteiger partial charge in [-0.2, -0.15) is 8.42 Å². The van der Waals surface area contributed by atoms with E-state index >= 15 is 0 Å². The second kappa shape index (κ2) is 6.49. The van der Waals surface area contributed by atoms with Crippen LogP contribution in [-0.4, -0.2) is 36.8 Å². The average molecular weight is 438 g/mol. The first-order valence-electron chi connectivity index (χ1n) is 7.57. The zero-order chi connectivity index (χ0) is 19.1. The van der Waals surface area contributed by atoms with Crippen molar-refractivity contribution in [2.24, 2.45) is 10.7 Å². The van der Waals surface area contributed by atoms with Crippen molar-refractivity contribution >= 4 is 37.9 Å². The summed E-state index contributed by atoms with van der Waals surface area (Å²) in [5.41, 5.74) is 5.89. The van der Waals surface area contributed by atoms with Crippen LogP contribution in [0.5, 0.6) is 0 Å². The number of hydrogen-bond acceptors (Lipinski definition) is 5. The number of nitrogens with zero attached hydrogens (tertiary/aromatic N) is 2. The van der Waals surface area contributed by atoms with E-state index in [1.807, 2.05) is 6.07 Å². The Morgan fingerprint density at radius 3 is 2.35 bits per heavy atom. The van der Waals surface area contributed by atoms with Gasteiger partial charge < -0.3 is 5.73 Å². The summed E-state index contributed by atoms with van der Waals surface area (Å²) in [7, 11) is -2.68. The Morgan fingerprint density at radius 2 is 1.81 bits per heavy atom. The number of halogens is 1. The fourth-order valence-corrected chi connectivity index (χ4v) is 3.99. The number of carbonyl (C=O) groups is 1. The maximum absolute atomic E-state index is 13.1. The van der Waals surface area contributed by atoms with Crippen LogP contribution in [0.3, 0.4) is 0 Å². The SMILES string of the molecule is CN1C(=O)C(c2cccc(Br)c2)(c2cccc(CS(=O)(=O)O)c2)N=C1N. The van der Waals surface area contributed by atoms with Crippen molar-refractivity contribution in [1.29, 1.82) is 0 Å². The molecule has 26 heavy (non-hydrogen) atoms. The van der Waals surface area contributed by atoms with Gasteiger partial charge in [-0.15, -0.1) is 0 Å². The molecule has 1 atom stereocenters. The zero-order valence-corrected chi connectivity index (χ0v) is 16.2. The standard InChI is InChI=1S/C17H16BrN3O4S/c1-21-15(22)17(20-16(21)19,13-6-3-7-14(18)9-13)12-5-2-4-11(8-12)10-26(23,24)25/h2-9H,10H2,1H3,(H2,19,20)(H,23,24,25). The number of likely N-dealkylation sites (N-methyl/N-ethyl adjacent to an activating group) is 1. The molecule has 1 amide bonds.